The molecule has 1 aromatic rings. The summed E-state index contributed by atoms with van der Waals surface area (Å²) < 4.78 is 4.74. The Balaban J connectivity index is 2.46. The van der Waals surface area contributed by atoms with E-state index in [9.17, 15) is 9.59 Å². The van der Waals surface area contributed by atoms with E-state index in [4.69, 9.17) is 4.74 Å². The Morgan fingerprint density at radius 2 is 2.06 bits per heavy atom. The van der Waals surface area contributed by atoms with Gasteiger partial charge in [0.15, 0.2) is 0 Å². The number of nitrogens with one attached hydrogen (secondary N) is 2. The van der Waals surface area contributed by atoms with Gasteiger partial charge in [-0.25, -0.2) is 9.59 Å². The number of hydrogen-bond donors (Lipinski definition) is 2. The fraction of sp³-hybridized carbons (Fsp3) is 0.250. The van der Waals surface area contributed by atoms with Crippen LogP contribution in [-0.4, -0.2) is 24.1 Å². The van der Waals surface area contributed by atoms with Crippen LogP contribution in [0.3, 0.4) is 0 Å². The number of hydrogen-bond acceptors (Lipinski definition) is 4. The second-order valence-corrected chi connectivity index (χ2v) is 3.84. The van der Waals surface area contributed by atoms with Gasteiger partial charge in [-0.15, -0.1) is 0 Å². The van der Waals surface area contributed by atoms with E-state index in [0.717, 1.165) is 5.56 Å². The van der Waals surface area contributed by atoms with Crippen LogP contribution in [0.5, 0.6) is 0 Å². The molecule has 2 N–H and O–H groups in total. The molecule has 1 unspecified atom stereocenters. The first-order chi connectivity index (χ1) is 8.63. The molecule has 6 nitrogen and oxygen atoms in total. The second-order valence-electron chi connectivity index (χ2n) is 3.84. The number of ether oxygens (including phenoxy) is 1. The van der Waals surface area contributed by atoms with Crippen molar-refractivity contribution in [2.75, 3.05) is 7.11 Å². The number of allylic oxidation sites excluding steroid dienone is 1. The minimum atomic E-state index is -0.519. The third-order valence-corrected chi connectivity index (χ3v) is 2.71. The Kier molecular flexibility index (Phi) is 3.27. The molecular formula is C12H13N3O3. The van der Waals surface area contributed by atoms with Gasteiger partial charge in [-0.3, -0.25) is 4.98 Å². The lowest BCUT2D eigenvalue weighted by Gasteiger charge is -2.27. The zero-order valence-electron chi connectivity index (χ0n) is 10.1. The van der Waals surface area contributed by atoms with Gasteiger partial charge in [-0.05, 0) is 24.6 Å². The fourth-order valence-electron chi connectivity index (χ4n) is 1.88. The van der Waals surface area contributed by atoms with Gasteiger partial charge < -0.3 is 15.4 Å². The molecule has 1 atom stereocenters. The van der Waals surface area contributed by atoms with Gasteiger partial charge in [0, 0.05) is 18.1 Å². The number of nitrogens with zero attached hydrogens (tertiary/aromatic N) is 1. The predicted molar refractivity (Wildman–Crippen MR) is 63.4 cm³/mol. The molecule has 2 amide bonds. The van der Waals surface area contributed by atoms with E-state index in [1.165, 1.54) is 7.11 Å². The highest BCUT2D eigenvalue weighted by molar-refractivity contribution is 5.94. The fourth-order valence-corrected chi connectivity index (χ4v) is 1.88. The van der Waals surface area contributed by atoms with Crippen molar-refractivity contribution >= 4 is 12.0 Å². The Morgan fingerprint density at radius 1 is 1.39 bits per heavy atom. The van der Waals surface area contributed by atoms with Crippen molar-refractivity contribution in [2.45, 2.75) is 13.0 Å². The summed E-state index contributed by atoms with van der Waals surface area (Å²) in [6.45, 7) is 1.67. The molecular weight excluding hydrogens is 234 g/mol. The molecule has 0 aromatic carbocycles. The van der Waals surface area contributed by atoms with Gasteiger partial charge in [0.05, 0.1) is 18.7 Å². The van der Waals surface area contributed by atoms with Gasteiger partial charge in [0.2, 0.25) is 0 Å². The lowest BCUT2D eigenvalue weighted by atomic mass is 9.96. The van der Waals surface area contributed by atoms with Crippen molar-refractivity contribution in [1.29, 1.82) is 0 Å². The van der Waals surface area contributed by atoms with Crippen LogP contribution >= 0.6 is 0 Å². The van der Waals surface area contributed by atoms with E-state index in [0.29, 0.717) is 11.3 Å². The van der Waals surface area contributed by atoms with Gasteiger partial charge in [0.25, 0.3) is 0 Å². The zero-order valence-corrected chi connectivity index (χ0v) is 10.1. The second kappa shape index (κ2) is 4.87. The highest BCUT2D eigenvalue weighted by atomic mass is 16.5. The summed E-state index contributed by atoms with van der Waals surface area (Å²) >= 11 is 0. The molecule has 94 valence electrons. The van der Waals surface area contributed by atoms with Gasteiger partial charge in [-0.1, -0.05) is 0 Å². The minimum absolute atomic E-state index is 0.345. The summed E-state index contributed by atoms with van der Waals surface area (Å²) in [5.74, 6) is -0.471. The first-order valence-corrected chi connectivity index (χ1v) is 5.40. The maximum absolute atomic E-state index is 11.8. The average molecular weight is 247 g/mol. The number of rotatable bonds is 2. The summed E-state index contributed by atoms with van der Waals surface area (Å²) in [5.41, 5.74) is 1.66. The highest BCUT2D eigenvalue weighted by Crippen LogP contribution is 2.26. The van der Waals surface area contributed by atoms with Gasteiger partial charge in [-0.2, -0.15) is 0 Å². The molecule has 2 heterocycles. The summed E-state index contributed by atoms with van der Waals surface area (Å²) in [7, 11) is 1.31. The Bertz CT molecular complexity index is 511. The summed E-state index contributed by atoms with van der Waals surface area (Å²) in [6.07, 6.45) is 3.21. The molecule has 0 saturated heterocycles. The molecule has 0 spiro atoms. The van der Waals surface area contributed by atoms with Crippen LogP contribution in [0.4, 0.5) is 4.79 Å². The Morgan fingerprint density at radius 3 is 2.67 bits per heavy atom. The molecule has 0 fully saturated rings. The summed E-state index contributed by atoms with van der Waals surface area (Å²) in [5, 5.41) is 5.25. The van der Waals surface area contributed by atoms with Crippen LogP contribution in [0, 0.1) is 0 Å². The average Bonchev–Trinajstić information content (AvgIpc) is 2.38. The largest absolute Gasteiger partial charge is 0.466 e. The molecule has 1 aliphatic heterocycles. The normalized spacial score (nSPS) is 19.0. The first-order valence-electron chi connectivity index (χ1n) is 5.40. The number of esters is 1. The quantitative estimate of drug-likeness (QED) is 0.760. The first kappa shape index (κ1) is 12.1. The molecule has 1 aromatic heterocycles. The summed E-state index contributed by atoms with van der Waals surface area (Å²) in [6, 6.07) is 2.62. The van der Waals surface area contributed by atoms with E-state index in [-0.39, 0.29) is 6.03 Å². The molecule has 2 rings (SSSR count). The number of pyridine rings is 1. The maximum atomic E-state index is 11.8. The van der Waals surface area contributed by atoms with E-state index in [2.05, 4.69) is 15.6 Å². The molecule has 0 saturated carbocycles. The van der Waals surface area contributed by atoms with Crippen LogP contribution in [0.25, 0.3) is 0 Å². The van der Waals surface area contributed by atoms with Gasteiger partial charge >= 0.3 is 12.0 Å². The molecule has 1 aliphatic rings. The molecule has 18 heavy (non-hydrogen) atoms. The van der Waals surface area contributed by atoms with E-state index >= 15 is 0 Å². The number of methoxy groups -OCH3 is 1. The van der Waals surface area contributed by atoms with Crippen molar-refractivity contribution in [3.05, 3.63) is 41.4 Å². The minimum Gasteiger partial charge on any atom is -0.466 e. The van der Waals surface area contributed by atoms with Crippen LogP contribution in [-0.2, 0) is 9.53 Å². The molecule has 0 radical (unpaired) electrons. The van der Waals surface area contributed by atoms with E-state index in [1.807, 2.05) is 0 Å². The third kappa shape index (κ3) is 2.17. The number of carbonyl (C=O) groups excluding carboxylic acids is 2. The van der Waals surface area contributed by atoms with Crippen LogP contribution in [0.1, 0.15) is 18.5 Å². The molecule has 6 heteroatoms. The standard InChI is InChI=1S/C12H13N3O3/c1-7-9(11(16)18-2)10(15-12(17)14-7)8-3-5-13-6-4-8/h3-6,10H,1-2H3,(H2,14,15,17). The topological polar surface area (TPSA) is 80.3 Å². The Hall–Kier alpha value is -2.37. The molecule has 0 bridgehead atoms. The lowest BCUT2D eigenvalue weighted by Crippen LogP contribution is -2.45. The lowest BCUT2D eigenvalue weighted by molar-refractivity contribution is -0.136. The predicted octanol–water partition coefficient (Wildman–Crippen LogP) is 0.882. The van der Waals surface area contributed by atoms with Crippen molar-refractivity contribution in [3.8, 4) is 0 Å². The van der Waals surface area contributed by atoms with Crippen molar-refractivity contribution in [3.63, 3.8) is 0 Å². The van der Waals surface area contributed by atoms with Crippen molar-refractivity contribution in [2.24, 2.45) is 0 Å². The van der Waals surface area contributed by atoms with Crippen LogP contribution in [0.2, 0.25) is 0 Å². The van der Waals surface area contributed by atoms with E-state index in [1.54, 1.807) is 31.5 Å². The monoisotopic (exact) mass is 247 g/mol. The third-order valence-electron chi connectivity index (χ3n) is 2.71. The zero-order chi connectivity index (χ0) is 13.1. The number of aromatic nitrogens is 1. The summed E-state index contributed by atoms with van der Waals surface area (Å²) in [4.78, 5) is 27.2. The van der Waals surface area contributed by atoms with E-state index < -0.39 is 12.0 Å². The van der Waals surface area contributed by atoms with Crippen LogP contribution < -0.4 is 10.6 Å². The van der Waals surface area contributed by atoms with Crippen molar-refractivity contribution in [1.82, 2.24) is 15.6 Å². The SMILES string of the molecule is COC(=O)C1=C(C)NC(=O)NC1c1ccncc1. The van der Waals surface area contributed by atoms with Crippen LogP contribution in [0.15, 0.2) is 35.8 Å². The number of carbonyl (C=O) groups is 2. The Labute approximate surface area is 104 Å². The van der Waals surface area contributed by atoms with Gasteiger partial charge in [0.1, 0.15) is 0 Å². The van der Waals surface area contributed by atoms with Crippen molar-refractivity contribution < 1.29 is 14.3 Å². The number of urea groups is 1. The smallest absolute Gasteiger partial charge is 0.337 e. The number of amides is 2. The molecule has 0 aliphatic carbocycles. The highest BCUT2D eigenvalue weighted by Gasteiger charge is 2.31. The maximum Gasteiger partial charge on any atom is 0.337 e.